The Labute approximate surface area is 197 Å². The average Bonchev–Trinajstić information content (AvgIpc) is 3.00. The third-order valence-electron chi connectivity index (χ3n) is 5.21. The van der Waals surface area contributed by atoms with E-state index in [1.54, 1.807) is 24.3 Å². The van der Waals surface area contributed by atoms with Crippen molar-refractivity contribution in [3.63, 3.8) is 0 Å². The molecule has 0 bridgehead atoms. The minimum Gasteiger partial charge on any atom is -0.350 e. The lowest BCUT2D eigenvalue weighted by Crippen LogP contribution is -2.32. The Morgan fingerprint density at radius 1 is 0.844 bits per heavy atom. The molecule has 0 saturated heterocycles. The summed E-state index contributed by atoms with van der Waals surface area (Å²) in [4.78, 5) is 29.2. The maximum atomic E-state index is 13.4. The number of anilines is 2. The minimum atomic E-state index is -0.372. The molecule has 1 N–H and O–H groups in total. The molecule has 2 amide bonds. The number of carbonyl (C=O) groups excluding carboxylic acids is 2. The van der Waals surface area contributed by atoms with Crippen LogP contribution >= 0.6 is 23.4 Å². The normalized spacial score (nSPS) is 14.0. The number of aryl methyl sites for hydroxylation is 1. The first kappa shape index (κ1) is 22.2. The van der Waals surface area contributed by atoms with Crippen LogP contribution in [0.5, 0.6) is 0 Å². The zero-order valence-corrected chi connectivity index (χ0v) is 19.6. The number of imide groups is 1. The van der Waals surface area contributed by atoms with Gasteiger partial charge in [-0.05, 0) is 66.9 Å². The van der Waals surface area contributed by atoms with Gasteiger partial charge in [0.25, 0.3) is 11.8 Å². The number of nitrogens with zero attached hydrogens (tertiary/aromatic N) is 1. The number of nitrogens with one attached hydrogen (secondary N) is 1. The van der Waals surface area contributed by atoms with Gasteiger partial charge in [0.2, 0.25) is 0 Å². The summed E-state index contributed by atoms with van der Waals surface area (Å²) >= 11 is 7.26. The van der Waals surface area contributed by atoms with E-state index >= 15 is 0 Å². The molecule has 162 valence electrons. The standard InChI is InChI=1S/C26H23ClN2O2S/c1-16(2)18-6-10-20(11-7-18)28-23-24(32-22-14-8-19(27)9-15-22)26(31)29(25(23)30)21-12-4-17(3)5-13-21/h4-16,28H,1-3H3. The number of amides is 2. The second-order valence-corrected chi connectivity index (χ2v) is 9.46. The zero-order valence-electron chi connectivity index (χ0n) is 18.1. The Morgan fingerprint density at radius 2 is 1.47 bits per heavy atom. The Kier molecular flexibility index (Phi) is 6.40. The third kappa shape index (κ3) is 4.59. The Balaban J connectivity index is 1.71. The maximum absolute atomic E-state index is 13.4. The number of benzene rings is 3. The summed E-state index contributed by atoms with van der Waals surface area (Å²) in [7, 11) is 0. The van der Waals surface area contributed by atoms with Crippen LogP contribution in [0.4, 0.5) is 11.4 Å². The van der Waals surface area contributed by atoms with E-state index in [0.717, 1.165) is 16.1 Å². The monoisotopic (exact) mass is 462 g/mol. The molecule has 1 heterocycles. The van der Waals surface area contributed by atoms with Crippen LogP contribution in [0.3, 0.4) is 0 Å². The fourth-order valence-electron chi connectivity index (χ4n) is 3.36. The largest absolute Gasteiger partial charge is 0.350 e. The molecule has 0 fully saturated rings. The predicted octanol–water partition coefficient (Wildman–Crippen LogP) is 6.76. The number of rotatable bonds is 6. The molecule has 4 rings (SSSR count). The van der Waals surface area contributed by atoms with E-state index in [1.807, 2.05) is 55.5 Å². The molecule has 0 spiro atoms. The summed E-state index contributed by atoms with van der Waals surface area (Å²) in [6.07, 6.45) is 0. The van der Waals surface area contributed by atoms with Crippen LogP contribution in [0.25, 0.3) is 0 Å². The molecular weight excluding hydrogens is 440 g/mol. The number of hydrogen-bond donors (Lipinski definition) is 1. The van der Waals surface area contributed by atoms with Crippen molar-refractivity contribution in [2.24, 2.45) is 0 Å². The first-order valence-electron chi connectivity index (χ1n) is 10.3. The number of carbonyl (C=O) groups is 2. The number of halogens is 1. The predicted molar refractivity (Wildman–Crippen MR) is 132 cm³/mol. The quantitative estimate of drug-likeness (QED) is 0.411. The van der Waals surface area contributed by atoms with Gasteiger partial charge >= 0.3 is 0 Å². The molecule has 0 unspecified atom stereocenters. The fraction of sp³-hybridized carbons (Fsp3) is 0.154. The summed E-state index contributed by atoms with van der Waals surface area (Å²) in [5.41, 5.74) is 3.83. The van der Waals surface area contributed by atoms with Gasteiger partial charge in [-0.2, -0.15) is 0 Å². The van der Waals surface area contributed by atoms with Gasteiger partial charge in [-0.3, -0.25) is 9.59 Å². The number of thioether (sulfide) groups is 1. The molecule has 6 heteroatoms. The van der Waals surface area contributed by atoms with Gasteiger partial charge in [0.05, 0.1) is 5.69 Å². The summed E-state index contributed by atoms with van der Waals surface area (Å²) < 4.78 is 0. The highest BCUT2D eigenvalue weighted by Crippen LogP contribution is 2.38. The minimum absolute atomic E-state index is 0.271. The highest BCUT2D eigenvalue weighted by atomic mass is 35.5. The van der Waals surface area contributed by atoms with Crippen LogP contribution in [-0.4, -0.2) is 11.8 Å². The fourth-order valence-corrected chi connectivity index (χ4v) is 4.41. The van der Waals surface area contributed by atoms with Gasteiger partial charge in [0.15, 0.2) is 0 Å². The van der Waals surface area contributed by atoms with Gasteiger partial charge in [-0.15, -0.1) is 0 Å². The van der Waals surface area contributed by atoms with Crippen molar-refractivity contribution in [3.8, 4) is 0 Å². The molecule has 0 aromatic heterocycles. The molecule has 32 heavy (non-hydrogen) atoms. The summed E-state index contributed by atoms with van der Waals surface area (Å²) in [6.45, 7) is 6.22. The smallest absolute Gasteiger partial charge is 0.283 e. The lowest BCUT2D eigenvalue weighted by Gasteiger charge is -2.15. The molecular formula is C26H23ClN2O2S. The third-order valence-corrected chi connectivity index (χ3v) is 6.56. The number of hydrogen-bond acceptors (Lipinski definition) is 4. The lowest BCUT2D eigenvalue weighted by atomic mass is 10.0. The summed E-state index contributed by atoms with van der Waals surface area (Å²) in [6, 6.07) is 22.5. The maximum Gasteiger partial charge on any atom is 0.283 e. The molecule has 4 nitrogen and oxygen atoms in total. The van der Waals surface area contributed by atoms with Crippen LogP contribution < -0.4 is 10.2 Å². The molecule has 0 aliphatic carbocycles. The van der Waals surface area contributed by atoms with Crippen molar-refractivity contribution in [2.45, 2.75) is 31.6 Å². The molecule has 1 aliphatic heterocycles. The van der Waals surface area contributed by atoms with Crippen molar-refractivity contribution < 1.29 is 9.59 Å². The van der Waals surface area contributed by atoms with Crippen LogP contribution in [0.15, 0.2) is 88.3 Å². The Bertz CT molecular complexity index is 1180. The zero-order chi connectivity index (χ0) is 22.8. The van der Waals surface area contributed by atoms with Crippen LogP contribution in [0, 0.1) is 6.92 Å². The van der Waals surface area contributed by atoms with Crippen molar-refractivity contribution >= 4 is 46.6 Å². The van der Waals surface area contributed by atoms with E-state index in [-0.39, 0.29) is 17.5 Å². The highest BCUT2D eigenvalue weighted by Gasteiger charge is 2.40. The van der Waals surface area contributed by atoms with E-state index in [1.165, 1.54) is 22.2 Å². The van der Waals surface area contributed by atoms with E-state index in [0.29, 0.717) is 21.5 Å². The molecule has 3 aromatic rings. The van der Waals surface area contributed by atoms with Crippen LogP contribution in [0.1, 0.15) is 30.9 Å². The molecule has 0 atom stereocenters. The Morgan fingerprint density at radius 3 is 2.06 bits per heavy atom. The van der Waals surface area contributed by atoms with E-state index in [2.05, 4.69) is 19.2 Å². The molecule has 0 saturated carbocycles. The average molecular weight is 463 g/mol. The van der Waals surface area contributed by atoms with Crippen molar-refractivity contribution in [1.82, 2.24) is 0 Å². The first-order chi connectivity index (χ1) is 15.3. The van der Waals surface area contributed by atoms with Gasteiger partial charge in [0, 0.05) is 15.6 Å². The topological polar surface area (TPSA) is 49.4 Å². The van der Waals surface area contributed by atoms with Crippen LogP contribution in [-0.2, 0) is 9.59 Å². The second-order valence-electron chi connectivity index (χ2n) is 7.94. The summed E-state index contributed by atoms with van der Waals surface area (Å²) in [5.74, 6) is -0.311. The SMILES string of the molecule is Cc1ccc(N2C(=O)C(Nc3ccc(C(C)C)cc3)=C(Sc3ccc(Cl)cc3)C2=O)cc1. The summed E-state index contributed by atoms with van der Waals surface area (Å²) in [5, 5.41) is 3.81. The van der Waals surface area contributed by atoms with Gasteiger partial charge < -0.3 is 5.32 Å². The Hall–Kier alpha value is -3.02. The first-order valence-corrected chi connectivity index (χ1v) is 11.5. The highest BCUT2D eigenvalue weighted by molar-refractivity contribution is 8.04. The molecule has 0 radical (unpaired) electrons. The molecule has 1 aliphatic rings. The van der Waals surface area contributed by atoms with Gasteiger partial charge in [-0.25, -0.2) is 4.90 Å². The van der Waals surface area contributed by atoms with E-state index in [4.69, 9.17) is 11.6 Å². The molecule has 3 aromatic carbocycles. The van der Waals surface area contributed by atoms with Crippen molar-refractivity contribution in [1.29, 1.82) is 0 Å². The van der Waals surface area contributed by atoms with Gasteiger partial charge in [-0.1, -0.05) is 67.0 Å². The van der Waals surface area contributed by atoms with Crippen LogP contribution in [0.2, 0.25) is 5.02 Å². The second kappa shape index (κ2) is 9.23. The van der Waals surface area contributed by atoms with Gasteiger partial charge in [0.1, 0.15) is 10.6 Å². The van der Waals surface area contributed by atoms with Crippen molar-refractivity contribution in [3.05, 3.63) is 99.5 Å². The van der Waals surface area contributed by atoms with Crippen molar-refractivity contribution in [2.75, 3.05) is 10.2 Å². The lowest BCUT2D eigenvalue weighted by molar-refractivity contribution is -0.120. The van der Waals surface area contributed by atoms with E-state index < -0.39 is 0 Å². The van der Waals surface area contributed by atoms with E-state index in [9.17, 15) is 9.59 Å².